The normalized spacial score (nSPS) is 3.00. The van der Waals surface area contributed by atoms with Crippen molar-refractivity contribution in [2.24, 2.45) is 10.7 Å². The first-order chi connectivity index (χ1) is 2.83. The molecule has 0 aromatic rings. The molecule has 0 heterocycles. The Kier molecular flexibility index (Phi) is 161. The van der Waals surface area contributed by atoms with Gasteiger partial charge in [0.1, 0.15) is 0 Å². The van der Waals surface area contributed by atoms with Crippen molar-refractivity contribution < 1.29 is 41.4 Å². The zero-order valence-electron chi connectivity index (χ0n) is 4.61. The molecule has 0 saturated carbocycles. The second-order valence-corrected chi connectivity index (χ2v) is 0.163. The summed E-state index contributed by atoms with van der Waals surface area (Å²) >= 11 is 0. The molecule has 0 aromatic carbocycles. The maximum absolute atomic E-state index is 8.11. The smallest absolute Gasteiger partial charge is 1.00 e. The maximum atomic E-state index is 8.11. The molecule has 0 radical (unpaired) electrons. The summed E-state index contributed by atoms with van der Waals surface area (Å²) in [4.78, 5) is 16.2. The molecule has 0 aliphatic carbocycles. The van der Waals surface area contributed by atoms with E-state index in [2.05, 4.69) is 0 Å². The molecule has 0 unspecified atom stereocenters. The third kappa shape index (κ3) is 1630. The molecule has 6 nitrogen and oxygen atoms in total. The van der Waals surface area contributed by atoms with Crippen LogP contribution in [0.5, 0.6) is 0 Å². The molecule has 0 aliphatic rings. The van der Waals surface area contributed by atoms with Crippen LogP contribution < -0.4 is 29.6 Å². The van der Waals surface area contributed by atoms with Crippen molar-refractivity contribution in [3.05, 3.63) is 9.81 Å². The monoisotopic (exact) mass is 148 g/mol. The van der Waals surface area contributed by atoms with Gasteiger partial charge in [-0.3, -0.25) is 0 Å². The van der Waals surface area contributed by atoms with Crippen LogP contribution in [0.1, 0.15) is 1.43 Å². The van der Waals surface area contributed by atoms with Gasteiger partial charge in [0.2, 0.25) is 0 Å². The van der Waals surface area contributed by atoms with Crippen molar-refractivity contribution in [2.75, 3.05) is 0 Å². The molecule has 0 amide bonds. The Hall–Kier alpha value is 0.332. The van der Waals surface area contributed by atoms with Gasteiger partial charge < -0.3 is 11.8 Å². The Bertz CT molecular complexity index is 39.5. The molecule has 0 aromatic heterocycles. The van der Waals surface area contributed by atoms with Crippen molar-refractivity contribution in [3.63, 3.8) is 0 Å². The number of hydrogen-bond donors (Lipinski definition) is 2. The summed E-state index contributed by atoms with van der Waals surface area (Å²) in [5.41, 5.74) is 0. The van der Waals surface area contributed by atoms with E-state index in [1.165, 1.54) is 10.7 Å². The van der Waals surface area contributed by atoms with E-state index in [4.69, 9.17) is 20.2 Å². The standard InChI is InChI=1S/Al.2HNO2.Na.4H/c;2*2-1-3;;;;;/h;2*(H,2,3);;;;;/q;;;+1;;;;-1. The largest absolute Gasteiger partial charge is 1.00 e. The van der Waals surface area contributed by atoms with Gasteiger partial charge in [0, 0.05) is 0 Å². The Balaban J connectivity index is -0.00000000889. The van der Waals surface area contributed by atoms with Crippen LogP contribution in [-0.4, -0.2) is 27.8 Å². The quantitative estimate of drug-likeness (QED) is 0.209. The molecule has 0 saturated heterocycles. The first kappa shape index (κ1) is 23.9. The second-order valence-electron chi connectivity index (χ2n) is 0.163. The minimum Gasteiger partial charge on any atom is -1.00 e. The van der Waals surface area contributed by atoms with E-state index in [-0.39, 0.29) is 48.3 Å². The Labute approximate surface area is 79.0 Å². The van der Waals surface area contributed by atoms with Gasteiger partial charge in [0.15, 0.2) is 28.0 Å². The van der Waals surface area contributed by atoms with Crippen LogP contribution in [0.4, 0.5) is 0 Å². The van der Waals surface area contributed by atoms with E-state index in [0.29, 0.717) is 0 Å². The number of rotatable bonds is 0. The molecule has 0 bridgehead atoms. The Morgan fingerprint density at radius 1 is 1.12 bits per heavy atom. The molecular formula is H6AlN2NaO4. The minimum absolute atomic E-state index is 0. The van der Waals surface area contributed by atoms with Crippen molar-refractivity contribution in [3.8, 4) is 0 Å². The fourth-order valence-electron chi connectivity index (χ4n) is 0. The molecule has 0 rings (SSSR count). The third-order valence-corrected chi connectivity index (χ3v) is 0. The minimum atomic E-state index is 0. The van der Waals surface area contributed by atoms with Gasteiger partial charge >= 0.3 is 29.6 Å². The molecule has 0 aliphatic heterocycles. The van der Waals surface area contributed by atoms with Gasteiger partial charge in [-0.15, -0.1) is 9.81 Å². The van der Waals surface area contributed by atoms with Crippen molar-refractivity contribution in [1.29, 1.82) is 0 Å². The maximum Gasteiger partial charge on any atom is 1.00 e. The molecule has 0 spiro atoms. The van der Waals surface area contributed by atoms with E-state index in [1.807, 2.05) is 0 Å². The van der Waals surface area contributed by atoms with Crippen LogP contribution in [0.25, 0.3) is 0 Å². The summed E-state index contributed by atoms with van der Waals surface area (Å²) in [6.07, 6.45) is 0. The van der Waals surface area contributed by atoms with E-state index >= 15 is 0 Å². The predicted molar refractivity (Wildman–Crippen MR) is 26.2 cm³/mol. The van der Waals surface area contributed by atoms with E-state index < -0.39 is 0 Å². The third-order valence-electron chi connectivity index (χ3n) is 0. The zero-order valence-corrected chi connectivity index (χ0v) is 5.61. The summed E-state index contributed by atoms with van der Waals surface area (Å²) in [5.74, 6) is 0. The van der Waals surface area contributed by atoms with Crippen LogP contribution in [0.3, 0.4) is 0 Å². The molecule has 8 heavy (non-hydrogen) atoms. The van der Waals surface area contributed by atoms with Gasteiger partial charge in [0.25, 0.3) is 0 Å². The first-order valence-electron chi connectivity index (χ1n) is 0.765. The van der Waals surface area contributed by atoms with Crippen LogP contribution >= 0.6 is 0 Å². The summed E-state index contributed by atoms with van der Waals surface area (Å²) in [5, 5.41) is 15.8. The topological polar surface area (TPSA) is 99.3 Å². The van der Waals surface area contributed by atoms with E-state index in [0.717, 1.165) is 0 Å². The first-order valence-corrected chi connectivity index (χ1v) is 0.765. The van der Waals surface area contributed by atoms with Gasteiger partial charge in [-0.05, 0) is 0 Å². The predicted octanol–water partition coefficient (Wildman–Crippen LogP) is -3.78. The van der Waals surface area contributed by atoms with Gasteiger partial charge in [-0.25, -0.2) is 0 Å². The summed E-state index contributed by atoms with van der Waals surface area (Å²) in [6.45, 7) is 0. The number of hydrogen-bond acceptors (Lipinski definition) is 4. The SMILES string of the molecule is O=NO.O=NO.[AlH3].[H-].[Na+]. The molecule has 0 atom stereocenters. The Morgan fingerprint density at radius 2 is 1.12 bits per heavy atom. The van der Waals surface area contributed by atoms with Crippen molar-refractivity contribution in [2.45, 2.75) is 0 Å². The van der Waals surface area contributed by atoms with Crippen molar-refractivity contribution in [1.82, 2.24) is 0 Å². The summed E-state index contributed by atoms with van der Waals surface area (Å²) < 4.78 is 0. The fourth-order valence-corrected chi connectivity index (χ4v) is 0. The van der Waals surface area contributed by atoms with Gasteiger partial charge in [0.05, 0.1) is 0 Å². The van der Waals surface area contributed by atoms with E-state index in [9.17, 15) is 0 Å². The van der Waals surface area contributed by atoms with Gasteiger partial charge in [-0.2, -0.15) is 0 Å². The average Bonchev–Trinajstić information content (AvgIpc) is 1.39. The van der Waals surface area contributed by atoms with Crippen molar-refractivity contribution >= 4 is 17.4 Å². The van der Waals surface area contributed by atoms with Crippen LogP contribution in [0.2, 0.25) is 0 Å². The molecule has 44 valence electrons. The number of nitrogens with zero attached hydrogens (tertiary/aromatic N) is 2. The average molecular weight is 148 g/mol. The molecular weight excluding hydrogens is 142 g/mol. The Morgan fingerprint density at radius 3 is 1.12 bits per heavy atom. The molecule has 2 N–H and O–H groups in total. The molecule has 0 fully saturated rings. The summed E-state index contributed by atoms with van der Waals surface area (Å²) in [7, 11) is 0. The van der Waals surface area contributed by atoms with Crippen LogP contribution in [-0.2, 0) is 0 Å². The van der Waals surface area contributed by atoms with Crippen LogP contribution in [0, 0.1) is 9.81 Å². The fraction of sp³-hybridized carbons (Fsp3) is 0. The zero-order chi connectivity index (χ0) is 5.41. The summed E-state index contributed by atoms with van der Waals surface area (Å²) in [6, 6.07) is 0. The second kappa shape index (κ2) is 54.0. The van der Waals surface area contributed by atoms with Crippen LogP contribution in [0.15, 0.2) is 10.7 Å². The van der Waals surface area contributed by atoms with E-state index in [1.54, 1.807) is 0 Å². The molecule has 8 heteroatoms. The van der Waals surface area contributed by atoms with Gasteiger partial charge in [-0.1, -0.05) is 0 Å².